The molecule has 0 N–H and O–H groups in total. The van der Waals surface area contributed by atoms with Crippen molar-refractivity contribution in [1.29, 1.82) is 0 Å². The Balaban J connectivity index is 1.16. The van der Waals surface area contributed by atoms with Crippen LogP contribution in [0.5, 0.6) is 0 Å². The Morgan fingerprint density at radius 1 is 0.961 bits per heavy atom. The molecule has 0 radical (unpaired) electrons. The Kier molecular flexibility index (Phi) is 9.71. The third-order valence-corrected chi connectivity index (χ3v) is 9.76. The molecule has 1 aliphatic rings. The third-order valence-electron chi connectivity index (χ3n) is 9.76. The van der Waals surface area contributed by atoms with E-state index in [1.165, 1.54) is 4.90 Å². The molecule has 0 aliphatic carbocycles. The number of carbonyl (C=O) groups excluding carboxylic acids is 1. The summed E-state index contributed by atoms with van der Waals surface area (Å²) in [6.45, 7) is 14.0. The van der Waals surface area contributed by atoms with E-state index < -0.39 is 6.17 Å². The topological polar surface area (TPSA) is 99.1 Å². The van der Waals surface area contributed by atoms with Gasteiger partial charge in [-0.1, -0.05) is 38.1 Å². The molecule has 4 aromatic heterocycles. The minimum absolute atomic E-state index is 0.0470. The number of nitrogens with zero attached hydrogens (tertiary/aromatic N) is 9. The van der Waals surface area contributed by atoms with Crippen LogP contribution < -0.4 is 0 Å². The predicted octanol–water partition coefficient (Wildman–Crippen LogP) is 6.51. The lowest BCUT2D eigenvalue weighted by molar-refractivity contribution is 0.0368. The van der Waals surface area contributed by atoms with E-state index in [2.05, 4.69) is 44.0 Å². The fourth-order valence-electron chi connectivity index (χ4n) is 7.09. The summed E-state index contributed by atoms with van der Waals surface area (Å²) in [7, 11) is 3.40. The second kappa shape index (κ2) is 14.4. The monoisotopic (exact) mass is 691 g/mol. The molecule has 1 aliphatic heterocycles. The lowest BCUT2D eigenvalue weighted by Gasteiger charge is -2.26. The first-order valence-corrected chi connectivity index (χ1v) is 17.7. The van der Waals surface area contributed by atoms with Gasteiger partial charge in [0.1, 0.15) is 6.17 Å². The number of morpholine rings is 1. The molecule has 0 spiro atoms. The Bertz CT molecular complexity index is 2170. The van der Waals surface area contributed by atoms with Gasteiger partial charge in [0.05, 0.1) is 42.4 Å². The number of amides is 1. The highest BCUT2D eigenvalue weighted by molar-refractivity contribution is 5.95. The van der Waals surface area contributed by atoms with Gasteiger partial charge >= 0.3 is 0 Å². The quantitative estimate of drug-likeness (QED) is 0.153. The number of pyridine rings is 1. The van der Waals surface area contributed by atoms with Crippen LogP contribution in [0.25, 0.3) is 38.9 Å². The number of benzene rings is 2. The maximum Gasteiger partial charge on any atom is 0.253 e. The largest absolute Gasteiger partial charge is 0.379 e. The molecule has 5 heterocycles. The molecular formula is C39H46FN9O2. The predicted molar refractivity (Wildman–Crippen MR) is 197 cm³/mol. The van der Waals surface area contributed by atoms with Gasteiger partial charge in [0, 0.05) is 85.8 Å². The van der Waals surface area contributed by atoms with Crippen molar-refractivity contribution in [2.75, 3.05) is 46.9 Å². The number of fused-ring (bicyclic) bond motifs is 2. The summed E-state index contributed by atoms with van der Waals surface area (Å²) in [6, 6.07) is 14.8. The Morgan fingerprint density at radius 3 is 2.45 bits per heavy atom. The number of aromatic nitrogens is 7. The lowest BCUT2D eigenvalue weighted by Crippen LogP contribution is -2.37. The van der Waals surface area contributed by atoms with E-state index in [0.29, 0.717) is 11.1 Å². The number of alkyl halides is 1. The van der Waals surface area contributed by atoms with Gasteiger partial charge in [0.15, 0.2) is 5.65 Å². The Morgan fingerprint density at radius 2 is 1.73 bits per heavy atom. The van der Waals surface area contributed by atoms with Crippen LogP contribution in [-0.4, -0.2) is 97.0 Å². The maximum atomic E-state index is 15.6. The first kappa shape index (κ1) is 34.5. The van der Waals surface area contributed by atoms with Crippen LogP contribution in [0.1, 0.15) is 65.2 Å². The highest BCUT2D eigenvalue weighted by Crippen LogP contribution is 2.37. The molecule has 266 valence electrons. The van der Waals surface area contributed by atoms with Gasteiger partial charge in [-0.2, -0.15) is 15.3 Å². The van der Waals surface area contributed by atoms with Crippen molar-refractivity contribution < 1.29 is 13.9 Å². The molecule has 2 aromatic carbocycles. The van der Waals surface area contributed by atoms with Gasteiger partial charge in [-0.15, -0.1) is 0 Å². The van der Waals surface area contributed by atoms with Crippen molar-refractivity contribution in [3.05, 3.63) is 89.0 Å². The highest BCUT2D eigenvalue weighted by Gasteiger charge is 2.24. The zero-order valence-corrected chi connectivity index (χ0v) is 30.3. The van der Waals surface area contributed by atoms with Crippen molar-refractivity contribution in [3.8, 4) is 16.9 Å². The van der Waals surface area contributed by atoms with Crippen LogP contribution in [-0.2, 0) is 17.8 Å². The number of aryl methyl sites for hydroxylation is 2. The number of ether oxygens (including phenoxy) is 1. The van der Waals surface area contributed by atoms with E-state index in [9.17, 15) is 4.79 Å². The summed E-state index contributed by atoms with van der Waals surface area (Å²) in [4.78, 5) is 21.1. The second-order valence-corrected chi connectivity index (χ2v) is 14.0. The van der Waals surface area contributed by atoms with Crippen LogP contribution in [0, 0.1) is 13.8 Å². The zero-order valence-electron chi connectivity index (χ0n) is 30.3. The maximum absolute atomic E-state index is 15.6. The van der Waals surface area contributed by atoms with Crippen LogP contribution in [0.4, 0.5) is 4.39 Å². The highest BCUT2D eigenvalue weighted by atomic mass is 19.1. The van der Waals surface area contributed by atoms with Crippen molar-refractivity contribution in [3.63, 3.8) is 0 Å². The molecule has 7 rings (SSSR count). The molecular weight excluding hydrogens is 645 g/mol. The SMILES string of the molecule is Cc1nc2nn(CCCN3CCOCC3)cc2cc1-n1nc(-c2cccc3nn(CC(F)c4ccc(C(=O)N(C)C)cc4)cc23)c(C(C)C)c1C. The van der Waals surface area contributed by atoms with Crippen molar-refractivity contribution in [2.45, 2.75) is 59.3 Å². The van der Waals surface area contributed by atoms with E-state index in [4.69, 9.17) is 25.0 Å². The molecule has 12 heteroatoms. The second-order valence-electron chi connectivity index (χ2n) is 14.0. The number of halogens is 1. The average Bonchev–Trinajstić information content (AvgIpc) is 3.82. The minimum atomic E-state index is -1.29. The molecule has 0 bridgehead atoms. The fourth-order valence-corrected chi connectivity index (χ4v) is 7.09. The van der Waals surface area contributed by atoms with Crippen molar-refractivity contribution >= 4 is 27.8 Å². The van der Waals surface area contributed by atoms with Gasteiger partial charge in [0.25, 0.3) is 5.91 Å². The molecule has 1 atom stereocenters. The van der Waals surface area contributed by atoms with Crippen molar-refractivity contribution in [2.24, 2.45) is 0 Å². The van der Waals surface area contributed by atoms with Gasteiger partial charge in [-0.3, -0.25) is 19.1 Å². The molecule has 0 saturated carbocycles. The molecule has 1 unspecified atom stereocenters. The fraction of sp³-hybridized carbons (Fsp3) is 0.410. The van der Waals surface area contributed by atoms with Gasteiger partial charge < -0.3 is 9.64 Å². The summed E-state index contributed by atoms with van der Waals surface area (Å²) in [5.41, 5.74) is 8.33. The summed E-state index contributed by atoms with van der Waals surface area (Å²) >= 11 is 0. The Hall–Kier alpha value is -4.94. The van der Waals surface area contributed by atoms with Crippen LogP contribution in [0.3, 0.4) is 0 Å². The molecule has 1 saturated heterocycles. The normalized spacial score (nSPS) is 14.6. The average molecular weight is 692 g/mol. The Labute approximate surface area is 297 Å². The molecule has 1 amide bonds. The first-order chi connectivity index (χ1) is 24.6. The molecule has 1 fully saturated rings. The van der Waals surface area contributed by atoms with Crippen molar-refractivity contribution in [1.82, 2.24) is 44.1 Å². The number of hydrogen-bond donors (Lipinski definition) is 0. The summed E-state index contributed by atoms with van der Waals surface area (Å²) in [5.74, 6) is 0.0814. The summed E-state index contributed by atoms with van der Waals surface area (Å²) in [5, 5.41) is 16.7. The van der Waals surface area contributed by atoms with E-state index in [-0.39, 0.29) is 18.4 Å². The summed E-state index contributed by atoms with van der Waals surface area (Å²) < 4.78 is 26.7. The van der Waals surface area contributed by atoms with Crippen LogP contribution in [0.2, 0.25) is 0 Å². The van der Waals surface area contributed by atoms with E-state index in [0.717, 1.165) is 102 Å². The van der Waals surface area contributed by atoms with Crippen LogP contribution in [0.15, 0.2) is 60.9 Å². The standard InChI is InChI=1S/C39H46FN9O2/c1-25(2)36-27(4)49(35-21-30-22-47(44-38(30)41-26(35)3)16-8-15-46-17-19-51-20-18-46)43-37(36)31-9-7-10-34-32(31)23-48(42-34)24-33(40)28-11-13-29(14-12-28)39(50)45(5)6/h7,9-14,21-23,25,33H,8,15-20,24H2,1-6H3. The van der Waals surface area contributed by atoms with Crippen LogP contribution >= 0.6 is 0 Å². The number of hydrogen-bond acceptors (Lipinski definition) is 7. The van der Waals surface area contributed by atoms with E-state index in [1.807, 2.05) is 34.6 Å². The lowest BCUT2D eigenvalue weighted by atomic mass is 9.95. The minimum Gasteiger partial charge on any atom is -0.379 e. The molecule has 6 aromatic rings. The number of carbonyl (C=O) groups is 1. The smallest absolute Gasteiger partial charge is 0.253 e. The first-order valence-electron chi connectivity index (χ1n) is 17.7. The number of rotatable bonds is 11. The van der Waals surface area contributed by atoms with Gasteiger partial charge in [0.2, 0.25) is 0 Å². The molecule has 11 nitrogen and oxygen atoms in total. The van der Waals surface area contributed by atoms with Gasteiger partial charge in [-0.05, 0) is 56.0 Å². The van der Waals surface area contributed by atoms with E-state index in [1.54, 1.807) is 43.0 Å². The summed E-state index contributed by atoms with van der Waals surface area (Å²) in [6.07, 6.45) is 3.71. The molecule has 51 heavy (non-hydrogen) atoms. The zero-order chi connectivity index (χ0) is 35.8. The van der Waals surface area contributed by atoms with Gasteiger partial charge in [-0.25, -0.2) is 14.1 Å². The third kappa shape index (κ3) is 7.02. The van der Waals surface area contributed by atoms with E-state index >= 15 is 4.39 Å².